The first-order valence-corrected chi connectivity index (χ1v) is 10.6. The summed E-state index contributed by atoms with van der Waals surface area (Å²) in [5.41, 5.74) is 3.26. The lowest BCUT2D eigenvalue weighted by Gasteiger charge is -2.30. The molecule has 0 bridgehead atoms. The van der Waals surface area contributed by atoms with Gasteiger partial charge in [0.15, 0.2) is 11.9 Å². The summed E-state index contributed by atoms with van der Waals surface area (Å²) in [5, 5.41) is 0.764. The van der Waals surface area contributed by atoms with Crippen LogP contribution >= 0.6 is 11.6 Å². The topological polar surface area (TPSA) is 55.7 Å². The minimum Gasteiger partial charge on any atom is -0.444 e. The average molecular weight is 408 g/mol. The number of aldehydes is 1. The quantitative estimate of drug-likeness (QED) is 0.519. The Balaban J connectivity index is 1.42. The largest absolute Gasteiger partial charge is 0.444 e. The fourth-order valence-corrected chi connectivity index (χ4v) is 5.44. The zero-order valence-corrected chi connectivity index (χ0v) is 16.8. The zero-order chi connectivity index (χ0) is 20.0. The predicted octanol–water partition coefficient (Wildman–Crippen LogP) is 5.19. The van der Waals surface area contributed by atoms with Gasteiger partial charge in [0.05, 0.1) is 5.56 Å². The molecule has 0 radical (unpaired) electrons. The molecule has 1 fully saturated rings. The first-order chi connectivity index (χ1) is 14.1. The van der Waals surface area contributed by atoms with Crippen LogP contribution in [0.4, 0.5) is 0 Å². The Kier molecular flexibility index (Phi) is 4.54. The Labute approximate surface area is 174 Å². The molecule has 0 amide bonds. The Hall–Kier alpha value is -2.46. The molecule has 148 valence electrons. The van der Waals surface area contributed by atoms with E-state index < -0.39 is 5.60 Å². The number of rotatable bonds is 3. The molecule has 3 aliphatic rings. The van der Waals surface area contributed by atoms with E-state index in [1.165, 1.54) is 5.56 Å². The van der Waals surface area contributed by atoms with E-state index in [0.717, 1.165) is 48.1 Å². The molecule has 0 N–H and O–H groups in total. The van der Waals surface area contributed by atoms with Crippen LogP contribution in [0.1, 0.15) is 71.0 Å². The van der Waals surface area contributed by atoms with Crippen LogP contribution in [0.15, 0.2) is 47.5 Å². The second kappa shape index (κ2) is 7.10. The van der Waals surface area contributed by atoms with Gasteiger partial charge in [-0.25, -0.2) is 4.79 Å². The number of carbonyl (C=O) groups is 2. The van der Waals surface area contributed by atoms with Crippen molar-refractivity contribution in [3.63, 3.8) is 0 Å². The van der Waals surface area contributed by atoms with E-state index in [4.69, 9.17) is 16.3 Å². The number of nitrogens with zero attached hydrogens (tertiary/aromatic N) is 1. The van der Waals surface area contributed by atoms with Crippen molar-refractivity contribution >= 4 is 29.6 Å². The van der Waals surface area contributed by atoms with E-state index in [2.05, 4.69) is 23.2 Å². The second-order valence-corrected chi connectivity index (χ2v) is 8.66. The third-order valence-electron chi connectivity index (χ3n) is 6.78. The molecule has 2 aromatic rings. The van der Waals surface area contributed by atoms with Crippen LogP contribution in [-0.4, -0.2) is 24.5 Å². The molecule has 1 saturated carbocycles. The molecule has 29 heavy (non-hydrogen) atoms. The van der Waals surface area contributed by atoms with Crippen molar-refractivity contribution in [1.29, 1.82) is 0 Å². The predicted molar refractivity (Wildman–Crippen MR) is 112 cm³/mol. The molecular weight excluding hydrogens is 386 g/mol. The summed E-state index contributed by atoms with van der Waals surface area (Å²) in [7, 11) is 0. The summed E-state index contributed by atoms with van der Waals surface area (Å²) in [6.07, 6.45) is 5.50. The smallest absolute Gasteiger partial charge is 0.340 e. The molecule has 2 heterocycles. The van der Waals surface area contributed by atoms with E-state index in [9.17, 15) is 9.59 Å². The lowest BCUT2D eigenvalue weighted by molar-refractivity contribution is -0.103. The fraction of sp³-hybridized carbons (Fsp3) is 0.375. The van der Waals surface area contributed by atoms with Crippen molar-refractivity contribution < 1.29 is 14.3 Å². The molecule has 1 spiro atoms. The summed E-state index contributed by atoms with van der Waals surface area (Å²) in [4.78, 5) is 28.7. The molecule has 5 heteroatoms. The van der Waals surface area contributed by atoms with Crippen LogP contribution in [0.5, 0.6) is 0 Å². The van der Waals surface area contributed by atoms with Gasteiger partial charge in [-0.05, 0) is 60.8 Å². The van der Waals surface area contributed by atoms with Gasteiger partial charge in [-0.3, -0.25) is 9.79 Å². The summed E-state index contributed by atoms with van der Waals surface area (Å²) < 4.78 is 5.80. The normalized spacial score (nSPS) is 28.2. The molecule has 0 aromatic heterocycles. The number of aliphatic imine (C=N–C) groups is 1. The number of fused-ring (bicyclic) bond motifs is 2. The van der Waals surface area contributed by atoms with Gasteiger partial charge in [0.2, 0.25) is 0 Å². The number of esters is 1. The molecular formula is C24H22ClNO3. The minimum absolute atomic E-state index is 0.313. The molecule has 4 nitrogen and oxygen atoms in total. The highest BCUT2D eigenvalue weighted by Crippen LogP contribution is 2.48. The number of ether oxygens (including phenoxy) is 1. The highest BCUT2D eigenvalue weighted by molar-refractivity contribution is 6.34. The van der Waals surface area contributed by atoms with Crippen LogP contribution in [0, 0.1) is 0 Å². The molecule has 1 unspecified atom stereocenters. The Morgan fingerprint density at radius 3 is 2.48 bits per heavy atom. The SMILES string of the molecule is O=CC1=NCCC12OC(=O)c1c(C3CCC(c4ccc(Cl)cc4)CC3)cccc12. The van der Waals surface area contributed by atoms with Gasteiger partial charge in [-0.15, -0.1) is 0 Å². The number of hydrogen-bond donors (Lipinski definition) is 0. The molecule has 2 aromatic carbocycles. The first-order valence-electron chi connectivity index (χ1n) is 10.2. The van der Waals surface area contributed by atoms with E-state index in [1.54, 1.807) is 0 Å². The first kappa shape index (κ1) is 18.6. The van der Waals surface area contributed by atoms with Crippen LogP contribution < -0.4 is 0 Å². The fourth-order valence-electron chi connectivity index (χ4n) is 5.31. The van der Waals surface area contributed by atoms with Gasteiger partial charge in [-0.1, -0.05) is 41.9 Å². The third-order valence-corrected chi connectivity index (χ3v) is 7.03. The highest BCUT2D eigenvalue weighted by atomic mass is 35.5. The maximum absolute atomic E-state index is 12.9. The summed E-state index contributed by atoms with van der Waals surface area (Å²) in [5.74, 6) is 0.545. The molecule has 5 rings (SSSR count). The van der Waals surface area contributed by atoms with Crippen molar-refractivity contribution in [3.8, 4) is 0 Å². The lowest BCUT2D eigenvalue weighted by Crippen LogP contribution is -2.33. The van der Waals surface area contributed by atoms with Gasteiger partial charge in [0, 0.05) is 23.6 Å². The Morgan fingerprint density at radius 1 is 1.03 bits per heavy atom. The van der Waals surface area contributed by atoms with E-state index in [1.807, 2.05) is 24.3 Å². The van der Waals surface area contributed by atoms with E-state index in [-0.39, 0.29) is 5.97 Å². The van der Waals surface area contributed by atoms with Gasteiger partial charge in [0.1, 0.15) is 5.71 Å². The van der Waals surface area contributed by atoms with E-state index in [0.29, 0.717) is 36.1 Å². The number of hydrogen-bond acceptors (Lipinski definition) is 4. The van der Waals surface area contributed by atoms with Crippen molar-refractivity contribution in [2.24, 2.45) is 4.99 Å². The van der Waals surface area contributed by atoms with Crippen molar-refractivity contribution in [2.45, 2.75) is 49.5 Å². The van der Waals surface area contributed by atoms with Crippen LogP contribution in [-0.2, 0) is 15.1 Å². The molecule has 0 saturated heterocycles. The standard InChI is InChI=1S/C24H22ClNO3/c25-18-10-8-16(9-11-18)15-4-6-17(7-5-15)19-2-1-3-20-22(19)23(28)29-24(20)12-13-26-21(24)14-27/h1-3,8-11,14-15,17H,4-7,12-13H2. The van der Waals surface area contributed by atoms with Crippen LogP contribution in [0.3, 0.4) is 0 Å². The summed E-state index contributed by atoms with van der Waals surface area (Å²) >= 11 is 6.02. The number of benzene rings is 2. The number of halogens is 1. The van der Waals surface area contributed by atoms with Crippen molar-refractivity contribution in [1.82, 2.24) is 0 Å². The average Bonchev–Trinajstić information content (AvgIpc) is 3.30. The van der Waals surface area contributed by atoms with Crippen molar-refractivity contribution in [2.75, 3.05) is 6.54 Å². The molecule has 2 aliphatic heterocycles. The molecule has 1 atom stereocenters. The lowest BCUT2D eigenvalue weighted by atomic mass is 9.74. The monoisotopic (exact) mass is 407 g/mol. The highest BCUT2D eigenvalue weighted by Gasteiger charge is 2.52. The van der Waals surface area contributed by atoms with Crippen LogP contribution in [0.25, 0.3) is 0 Å². The molecule has 1 aliphatic carbocycles. The van der Waals surface area contributed by atoms with Crippen molar-refractivity contribution in [3.05, 3.63) is 69.7 Å². The minimum atomic E-state index is -0.968. The maximum atomic E-state index is 12.9. The Bertz CT molecular complexity index is 1010. The van der Waals surface area contributed by atoms with E-state index >= 15 is 0 Å². The van der Waals surface area contributed by atoms with Gasteiger partial charge >= 0.3 is 5.97 Å². The van der Waals surface area contributed by atoms with Gasteiger partial charge in [-0.2, -0.15) is 0 Å². The van der Waals surface area contributed by atoms with Gasteiger partial charge < -0.3 is 4.74 Å². The maximum Gasteiger partial charge on any atom is 0.340 e. The second-order valence-electron chi connectivity index (χ2n) is 8.22. The number of carbonyl (C=O) groups excluding carboxylic acids is 2. The van der Waals surface area contributed by atoms with Gasteiger partial charge in [0.25, 0.3) is 0 Å². The zero-order valence-electron chi connectivity index (χ0n) is 16.1. The third kappa shape index (κ3) is 2.93. The summed E-state index contributed by atoms with van der Waals surface area (Å²) in [6.45, 7) is 0.511. The Morgan fingerprint density at radius 2 is 1.76 bits per heavy atom. The summed E-state index contributed by atoms with van der Waals surface area (Å²) in [6, 6.07) is 14.1. The van der Waals surface area contributed by atoms with Crippen LogP contribution in [0.2, 0.25) is 5.02 Å².